The third-order valence-corrected chi connectivity index (χ3v) is 4.29. The fourth-order valence-corrected chi connectivity index (χ4v) is 2.88. The predicted octanol–water partition coefficient (Wildman–Crippen LogP) is 3.18. The highest BCUT2D eigenvalue weighted by Crippen LogP contribution is 2.18. The number of hydrogen-bond donors (Lipinski definition) is 0. The normalized spacial score (nSPS) is 11.1. The van der Waals surface area contributed by atoms with Crippen LogP contribution in [0.15, 0.2) is 54.6 Å². The number of rotatable bonds is 6. The van der Waals surface area contributed by atoms with E-state index in [1.165, 1.54) is 11.3 Å². The molecule has 0 aliphatic heterocycles. The van der Waals surface area contributed by atoms with E-state index in [4.69, 9.17) is 0 Å². The summed E-state index contributed by atoms with van der Waals surface area (Å²) in [6, 6.07) is 18.8. The van der Waals surface area contributed by atoms with Crippen molar-refractivity contribution in [3.63, 3.8) is 0 Å². The average molecular weight is 335 g/mol. The molecule has 3 aromatic rings. The van der Waals surface area contributed by atoms with Crippen LogP contribution >= 0.6 is 0 Å². The van der Waals surface area contributed by atoms with Crippen molar-refractivity contribution in [2.75, 3.05) is 26.0 Å². The van der Waals surface area contributed by atoms with Crippen LogP contribution in [0.1, 0.15) is 11.4 Å². The van der Waals surface area contributed by atoms with Crippen molar-refractivity contribution in [3.8, 4) is 11.4 Å². The molecule has 2 aromatic carbocycles. The van der Waals surface area contributed by atoms with Gasteiger partial charge in [-0.15, -0.1) is 10.2 Å². The minimum atomic E-state index is 0.753. The van der Waals surface area contributed by atoms with Crippen molar-refractivity contribution in [1.29, 1.82) is 0 Å². The van der Waals surface area contributed by atoms with E-state index < -0.39 is 0 Å². The van der Waals surface area contributed by atoms with Gasteiger partial charge < -0.3 is 9.47 Å². The summed E-state index contributed by atoms with van der Waals surface area (Å²) < 4.78 is 2.07. The maximum atomic E-state index is 4.38. The molecule has 0 saturated heterocycles. The Bertz CT molecular complexity index is 823. The molecule has 0 atom stereocenters. The van der Waals surface area contributed by atoms with E-state index in [1.54, 1.807) is 0 Å². The summed E-state index contributed by atoms with van der Waals surface area (Å²) in [6.45, 7) is 1.62. The van der Waals surface area contributed by atoms with Crippen molar-refractivity contribution >= 4 is 5.69 Å². The highest BCUT2D eigenvalue weighted by Gasteiger charge is 2.12. The lowest BCUT2D eigenvalue weighted by molar-refractivity contribution is 0.307. The van der Waals surface area contributed by atoms with E-state index in [0.29, 0.717) is 0 Å². The molecule has 0 spiro atoms. The largest absolute Gasteiger partial charge is 0.378 e. The van der Waals surface area contributed by atoms with Gasteiger partial charge >= 0.3 is 0 Å². The highest BCUT2D eigenvalue weighted by atomic mass is 15.3. The van der Waals surface area contributed by atoms with Gasteiger partial charge in [0.25, 0.3) is 0 Å². The summed E-state index contributed by atoms with van der Waals surface area (Å²) in [4.78, 5) is 4.38. The molecule has 0 aliphatic carbocycles. The van der Waals surface area contributed by atoms with Crippen molar-refractivity contribution in [1.82, 2.24) is 19.7 Å². The zero-order valence-electron chi connectivity index (χ0n) is 15.3. The van der Waals surface area contributed by atoms with E-state index in [1.807, 2.05) is 25.2 Å². The molecule has 0 bridgehead atoms. The van der Waals surface area contributed by atoms with Crippen LogP contribution in [0.3, 0.4) is 0 Å². The summed E-state index contributed by atoms with van der Waals surface area (Å²) >= 11 is 0. The Balaban J connectivity index is 1.70. The number of aromatic nitrogens is 3. The average Bonchev–Trinajstić information content (AvgIpc) is 2.96. The van der Waals surface area contributed by atoms with Crippen LogP contribution in [0.4, 0.5) is 5.69 Å². The molecule has 0 saturated carbocycles. The molecule has 5 heteroatoms. The molecule has 3 rings (SSSR count). The van der Waals surface area contributed by atoms with Crippen LogP contribution in [0, 0.1) is 0 Å². The second kappa shape index (κ2) is 7.49. The zero-order valence-corrected chi connectivity index (χ0v) is 15.3. The van der Waals surface area contributed by atoms with Gasteiger partial charge in [0.15, 0.2) is 5.82 Å². The van der Waals surface area contributed by atoms with Gasteiger partial charge in [0.1, 0.15) is 5.82 Å². The predicted molar refractivity (Wildman–Crippen MR) is 102 cm³/mol. The molecule has 0 amide bonds. The maximum absolute atomic E-state index is 4.38. The van der Waals surface area contributed by atoms with Gasteiger partial charge in [-0.3, -0.25) is 4.90 Å². The molecule has 0 unspecified atom stereocenters. The smallest absolute Gasteiger partial charge is 0.163 e. The Hall–Kier alpha value is -2.66. The second-order valence-corrected chi connectivity index (χ2v) is 6.60. The van der Waals surface area contributed by atoms with Gasteiger partial charge in [-0.25, -0.2) is 0 Å². The SMILES string of the molecule is CN(Cc1cccc(N(C)C)c1)Cc1nnc(-c2ccccc2)n1C. The van der Waals surface area contributed by atoms with Crippen LogP contribution in [0.25, 0.3) is 11.4 Å². The van der Waals surface area contributed by atoms with E-state index in [2.05, 4.69) is 82.1 Å². The maximum Gasteiger partial charge on any atom is 0.163 e. The number of nitrogens with zero attached hydrogens (tertiary/aromatic N) is 5. The first kappa shape index (κ1) is 17.2. The fraction of sp³-hybridized carbons (Fsp3) is 0.300. The van der Waals surface area contributed by atoms with E-state index >= 15 is 0 Å². The summed E-state index contributed by atoms with van der Waals surface area (Å²) in [5.74, 6) is 1.86. The van der Waals surface area contributed by atoms with Crippen LogP contribution in [-0.2, 0) is 20.1 Å². The van der Waals surface area contributed by atoms with E-state index in [-0.39, 0.29) is 0 Å². The number of anilines is 1. The highest BCUT2D eigenvalue weighted by molar-refractivity contribution is 5.54. The van der Waals surface area contributed by atoms with Gasteiger partial charge in [0.05, 0.1) is 6.54 Å². The topological polar surface area (TPSA) is 37.2 Å². The third-order valence-electron chi connectivity index (χ3n) is 4.29. The van der Waals surface area contributed by atoms with Gasteiger partial charge in [0, 0.05) is 38.9 Å². The van der Waals surface area contributed by atoms with E-state index in [0.717, 1.165) is 30.3 Å². The molecule has 130 valence electrons. The summed E-state index contributed by atoms with van der Waals surface area (Å²) in [5.41, 5.74) is 3.60. The van der Waals surface area contributed by atoms with Crippen LogP contribution in [0.5, 0.6) is 0 Å². The quantitative estimate of drug-likeness (QED) is 0.693. The Kier molecular flexibility index (Phi) is 5.14. The van der Waals surface area contributed by atoms with Crippen LogP contribution in [-0.4, -0.2) is 40.8 Å². The fourth-order valence-electron chi connectivity index (χ4n) is 2.88. The van der Waals surface area contributed by atoms with Crippen molar-refractivity contribution < 1.29 is 0 Å². The Morgan fingerprint density at radius 3 is 2.36 bits per heavy atom. The number of hydrogen-bond acceptors (Lipinski definition) is 4. The lowest BCUT2D eigenvalue weighted by atomic mass is 10.2. The monoisotopic (exact) mass is 335 g/mol. The molecule has 0 radical (unpaired) electrons. The standard InChI is InChI=1S/C20H25N5/c1-23(2)18-12-8-9-16(13-18)14-24(3)15-19-21-22-20(25(19)4)17-10-6-5-7-11-17/h5-13H,14-15H2,1-4H3. The lowest BCUT2D eigenvalue weighted by Crippen LogP contribution is -2.20. The van der Waals surface area contributed by atoms with Crippen molar-refractivity contribution in [2.45, 2.75) is 13.1 Å². The van der Waals surface area contributed by atoms with Gasteiger partial charge in [-0.1, -0.05) is 42.5 Å². The molecular formula is C20H25N5. The van der Waals surface area contributed by atoms with Gasteiger partial charge in [-0.05, 0) is 24.7 Å². The molecule has 0 aliphatic rings. The molecule has 25 heavy (non-hydrogen) atoms. The molecule has 5 nitrogen and oxygen atoms in total. The van der Waals surface area contributed by atoms with Crippen molar-refractivity contribution in [2.24, 2.45) is 7.05 Å². The first-order valence-corrected chi connectivity index (χ1v) is 8.43. The Morgan fingerprint density at radius 2 is 1.64 bits per heavy atom. The first-order chi connectivity index (χ1) is 12.0. The van der Waals surface area contributed by atoms with Crippen LogP contribution in [0.2, 0.25) is 0 Å². The Morgan fingerprint density at radius 1 is 0.880 bits per heavy atom. The van der Waals surface area contributed by atoms with Gasteiger partial charge in [0.2, 0.25) is 0 Å². The summed E-state index contributed by atoms with van der Waals surface area (Å²) in [6.07, 6.45) is 0. The molecule has 0 N–H and O–H groups in total. The summed E-state index contributed by atoms with van der Waals surface area (Å²) in [7, 11) is 8.26. The van der Waals surface area contributed by atoms with Crippen molar-refractivity contribution in [3.05, 3.63) is 66.0 Å². The third kappa shape index (κ3) is 4.06. The summed E-state index contributed by atoms with van der Waals surface area (Å²) in [5, 5.41) is 8.75. The van der Waals surface area contributed by atoms with E-state index in [9.17, 15) is 0 Å². The minimum Gasteiger partial charge on any atom is -0.378 e. The second-order valence-electron chi connectivity index (χ2n) is 6.60. The molecule has 0 fully saturated rings. The van der Waals surface area contributed by atoms with Gasteiger partial charge in [-0.2, -0.15) is 0 Å². The zero-order chi connectivity index (χ0) is 17.8. The molecule has 1 heterocycles. The Labute approximate surface area is 149 Å². The minimum absolute atomic E-state index is 0.753. The van der Waals surface area contributed by atoms with Crippen LogP contribution < -0.4 is 4.90 Å². The number of benzene rings is 2. The first-order valence-electron chi connectivity index (χ1n) is 8.43. The lowest BCUT2D eigenvalue weighted by Gasteiger charge is -2.18. The molecule has 1 aromatic heterocycles. The molecular weight excluding hydrogens is 310 g/mol.